The summed E-state index contributed by atoms with van der Waals surface area (Å²) < 4.78 is 5.27. The van der Waals surface area contributed by atoms with E-state index in [-0.39, 0.29) is 36.4 Å². The third kappa shape index (κ3) is 15.0. The van der Waals surface area contributed by atoms with Crippen LogP contribution >= 0.6 is 24.0 Å². The summed E-state index contributed by atoms with van der Waals surface area (Å²) in [7, 11) is 0. The molecule has 4 N–H and O–H groups in total. The average Bonchev–Trinajstić information content (AvgIpc) is 2.45. The molecule has 2 amide bonds. The predicted molar refractivity (Wildman–Crippen MR) is 116 cm³/mol. The first-order chi connectivity index (χ1) is 11.5. The van der Waals surface area contributed by atoms with E-state index in [1.807, 2.05) is 48.5 Å². The number of carbonyl (C=O) groups is 2. The SMILES string of the molecule is CCCNC(=O)CN=C(NCC)NCC(C)(C)NC(=O)OC(C)(C)C.I. The first kappa shape index (κ1) is 27.0. The van der Waals surface area contributed by atoms with Crippen molar-refractivity contribution in [3.05, 3.63) is 0 Å². The van der Waals surface area contributed by atoms with Crippen molar-refractivity contribution in [2.75, 3.05) is 26.2 Å². The standard InChI is InChI=1S/C17H35N5O3.HI/c1-8-10-19-13(23)11-20-14(18-9-2)21-12-17(6,7)22-15(24)25-16(3,4)5;/h8-12H2,1-7H3,(H,19,23)(H,22,24)(H2,18,20,21);1H. The van der Waals surface area contributed by atoms with E-state index in [9.17, 15) is 9.59 Å². The highest BCUT2D eigenvalue weighted by Crippen LogP contribution is 2.09. The van der Waals surface area contributed by atoms with Crippen LogP contribution in [-0.2, 0) is 9.53 Å². The number of halogens is 1. The van der Waals surface area contributed by atoms with Gasteiger partial charge in [-0.1, -0.05) is 6.92 Å². The van der Waals surface area contributed by atoms with Crippen molar-refractivity contribution in [2.45, 2.75) is 66.0 Å². The lowest BCUT2D eigenvalue weighted by molar-refractivity contribution is -0.119. The van der Waals surface area contributed by atoms with Gasteiger partial charge in [0.15, 0.2) is 5.96 Å². The van der Waals surface area contributed by atoms with E-state index in [0.717, 1.165) is 6.42 Å². The van der Waals surface area contributed by atoms with E-state index < -0.39 is 17.2 Å². The highest BCUT2D eigenvalue weighted by atomic mass is 127. The summed E-state index contributed by atoms with van der Waals surface area (Å²) in [4.78, 5) is 27.8. The van der Waals surface area contributed by atoms with Crippen LogP contribution in [0.4, 0.5) is 4.79 Å². The minimum Gasteiger partial charge on any atom is -0.444 e. The molecule has 0 fully saturated rings. The number of guanidine groups is 1. The van der Waals surface area contributed by atoms with Gasteiger partial charge in [0.1, 0.15) is 12.1 Å². The Morgan fingerprint density at radius 1 is 1.00 bits per heavy atom. The minimum absolute atomic E-state index is 0. The average molecular weight is 485 g/mol. The summed E-state index contributed by atoms with van der Waals surface area (Å²) in [6.45, 7) is 14.9. The molecule has 0 spiro atoms. The second-order valence-corrected chi connectivity index (χ2v) is 7.41. The molecule has 26 heavy (non-hydrogen) atoms. The molecule has 8 nitrogen and oxygen atoms in total. The van der Waals surface area contributed by atoms with Crippen LogP contribution in [-0.4, -0.2) is 55.3 Å². The summed E-state index contributed by atoms with van der Waals surface area (Å²) in [6, 6.07) is 0. The number of hydrogen-bond acceptors (Lipinski definition) is 4. The molecule has 0 aliphatic carbocycles. The highest BCUT2D eigenvalue weighted by molar-refractivity contribution is 14.0. The molecule has 0 radical (unpaired) electrons. The van der Waals surface area contributed by atoms with Crippen LogP contribution in [0.1, 0.15) is 54.9 Å². The number of hydrogen-bond donors (Lipinski definition) is 4. The van der Waals surface area contributed by atoms with Gasteiger partial charge in [-0.3, -0.25) is 4.79 Å². The highest BCUT2D eigenvalue weighted by Gasteiger charge is 2.24. The number of ether oxygens (including phenoxy) is 1. The van der Waals surface area contributed by atoms with E-state index >= 15 is 0 Å². The van der Waals surface area contributed by atoms with Gasteiger partial charge in [-0.15, -0.1) is 24.0 Å². The van der Waals surface area contributed by atoms with Crippen LogP contribution in [0, 0.1) is 0 Å². The maximum Gasteiger partial charge on any atom is 0.408 e. The largest absolute Gasteiger partial charge is 0.444 e. The Kier molecular flexibility index (Phi) is 13.5. The van der Waals surface area contributed by atoms with E-state index in [1.165, 1.54) is 0 Å². The first-order valence-electron chi connectivity index (χ1n) is 8.79. The maximum atomic E-state index is 11.9. The number of aliphatic imine (C=N–C) groups is 1. The minimum atomic E-state index is -0.553. The molecule has 0 aliphatic heterocycles. The second kappa shape index (κ2) is 13.0. The van der Waals surface area contributed by atoms with Crippen LogP contribution in [0.15, 0.2) is 4.99 Å². The number of alkyl carbamates (subject to hydrolysis) is 1. The molecular weight excluding hydrogens is 449 g/mol. The number of nitrogens with one attached hydrogen (secondary N) is 4. The number of nitrogens with zero attached hydrogens (tertiary/aromatic N) is 1. The summed E-state index contributed by atoms with van der Waals surface area (Å²) in [5.41, 5.74) is -1.10. The number of carbonyl (C=O) groups excluding carboxylic acids is 2. The lowest BCUT2D eigenvalue weighted by Gasteiger charge is -2.29. The Hall–Kier alpha value is -1.26. The fourth-order valence-corrected chi connectivity index (χ4v) is 1.74. The van der Waals surface area contributed by atoms with Crippen molar-refractivity contribution >= 4 is 41.9 Å². The van der Waals surface area contributed by atoms with E-state index in [0.29, 0.717) is 25.6 Å². The normalized spacial score (nSPS) is 11.9. The Balaban J connectivity index is 0. The fourth-order valence-electron chi connectivity index (χ4n) is 1.74. The van der Waals surface area contributed by atoms with Crippen molar-refractivity contribution in [2.24, 2.45) is 4.99 Å². The first-order valence-corrected chi connectivity index (χ1v) is 8.79. The molecule has 0 saturated carbocycles. The van der Waals surface area contributed by atoms with Crippen LogP contribution in [0.2, 0.25) is 0 Å². The number of rotatable bonds is 8. The van der Waals surface area contributed by atoms with E-state index in [2.05, 4.69) is 26.3 Å². The smallest absolute Gasteiger partial charge is 0.408 e. The van der Waals surface area contributed by atoms with E-state index in [4.69, 9.17) is 4.74 Å². The Morgan fingerprint density at radius 2 is 1.62 bits per heavy atom. The summed E-state index contributed by atoms with van der Waals surface area (Å²) >= 11 is 0. The van der Waals surface area contributed by atoms with Crippen LogP contribution in [0.5, 0.6) is 0 Å². The zero-order chi connectivity index (χ0) is 19.5. The summed E-state index contributed by atoms with van der Waals surface area (Å²) in [5.74, 6) is 0.401. The quantitative estimate of drug-likeness (QED) is 0.239. The molecule has 0 unspecified atom stereocenters. The van der Waals surface area contributed by atoms with Crippen molar-refractivity contribution in [1.82, 2.24) is 21.3 Å². The zero-order valence-corrected chi connectivity index (χ0v) is 19.4. The lowest BCUT2D eigenvalue weighted by Crippen LogP contribution is -2.54. The van der Waals surface area contributed by atoms with Crippen LogP contribution in [0.25, 0.3) is 0 Å². The van der Waals surface area contributed by atoms with Crippen molar-refractivity contribution in [1.29, 1.82) is 0 Å². The molecule has 0 bridgehead atoms. The third-order valence-corrected chi connectivity index (χ3v) is 2.83. The zero-order valence-electron chi connectivity index (χ0n) is 17.1. The maximum absolute atomic E-state index is 11.9. The molecule has 0 saturated heterocycles. The van der Waals surface area contributed by atoms with Gasteiger partial charge in [-0.05, 0) is 48.0 Å². The number of amides is 2. The topological polar surface area (TPSA) is 104 Å². The van der Waals surface area contributed by atoms with Crippen molar-refractivity contribution < 1.29 is 14.3 Å². The van der Waals surface area contributed by atoms with Gasteiger partial charge in [0, 0.05) is 19.6 Å². The molecule has 0 aliphatic rings. The van der Waals surface area contributed by atoms with Gasteiger partial charge in [-0.2, -0.15) is 0 Å². The van der Waals surface area contributed by atoms with Crippen LogP contribution in [0.3, 0.4) is 0 Å². The van der Waals surface area contributed by atoms with Crippen LogP contribution < -0.4 is 21.3 Å². The summed E-state index contributed by atoms with van der Waals surface area (Å²) in [5, 5.41) is 11.8. The van der Waals surface area contributed by atoms with Gasteiger partial charge in [0.2, 0.25) is 5.91 Å². The van der Waals surface area contributed by atoms with Gasteiger partial charge in [-0.25, -0.2) is 9.79 Å². The fraction of sp³-hybridized carbons (Fsp3) is 0.824. The molecule has 0 atom stereocenters. The second-order valence-electron chi connectivity index (χ2n) is 7.41. The van der Waals surface area contributed by atoms with Crippen molar-refractivity contribution in [3.8, 4) is 0 Å². The molecule has 0 aromatic carbocycles. The molecule has 154 valence electrons. The third-order valence-electron chi connectivity index (χ3n) is 2.83. The Bertz CT molecular complexity index is 462. The molecule has 0 aromatic rings. The summed E-state index contributed by atoms with van der Waals surface area (Å²) in [6.07, 6.45) is 0.415. The van der Waals surface area contributed by atoms with Gasteiger partial charge in [0.05, 0.1) is 5.54 Å². The molecule has 0 rings (SSSR count). The van der Waals surface area contributed by atoms with Gasteiger partial charge in [0.25, 0.3) is 0 Å². The molecule has 9 heteroatoms. The lowest BCUT2D eigenvalue weighted by atomic mass is 10.1. The monoisotopic (exact) mass is 485 g/mol. The van der Waals surface area contributed by atoms with E-state index in [1.54, 1.807) is 0 Å². The molecule has 0 aromatic heterocycles. The van der Waals surface area contributed by atoms with Crippen molar-refractivity contribution in [3.63, 3.8) is 0 Å². The van der Waals surface area contributed by atoms with Gasteiger partial charge < -0.3 is 26.0 Å². The molecular formula is C17H36IN5O3. The predicted octanol–water partition coefficient (Wildman–Crippen LogP) is 1.99. The Labute approximate surface area is 174 Å². The Morgan fingerprint density at radius 3 is 2.12 bits per heavy atom. The van der Waals surface area contributed by atoms with Gasteiger partial charge >= 0.3 is 6.09 Å². The molecule has 0 heterocycles.